The molecule has 1 fully saturated rings. The van der Waals surface area contributed by atoms with Crippen molar-refractivity contribution in [3.63, 3.8) is 0 Å². The van der Waals surface area contributed by atoms with E-state index in [-0.39, 0.29) is 28.5 Å². The maximum atomic E-state index is 13.4. The topological polar surface area (TPSA) is 83.6 Å². The van der Waals surface area contributed by atoms with Gasteiger partial charge in [-0.3, -0.25) is 9.59 Å². The molecule has 0 spiro atoms. The van der Waals surface area contributed by atoms with E-state index in [4.69, 9.17) is 0 Å². The minimum atomic E-state index is -3.87. The average molecular weight is 461 g/mol. The van der Waals surface area contributed by atoms with Gasteiger partial charge in [-0.25, -0.2) is 12.8 Å². The minimum absolute atomic E-state index is 0.0212. The van der Waals surface area contributed by atoms with Crippen molar-refractivity contribution in [3.8, 4) is 0 Å². The van der Waals surface area contributed by atoms with Gasteiger partial charge >= 0.3 is 0 Å². The molecule has 0 atom stereocenters. The maximum absolute atomic E-state index is 13.4. The van der Waals surface area contributed by atoms with E-state index in [0.717, 1.165) is 42.0 Å². The van der Waals surface area contributed by atoms with Gasteiger partial charge in [0.2, 0.25) is 15.9 Å². The number of likely N-dealkylation sites (N-methyl/N-ethyl adjacent to an activating group) is 1. The molecule has 1 aliphatic carbocycles. The SMILES string of the molecule is CC(=O)c1ccc(S(=O)(=O)N(C)CC(=O)NCC2(c3ccc(F)cc3)CCCCC2)cc1. The van der Waals surface area contributed by atoms with Crippen LogP contribution < -0.4 is 5.32 Å². The van der Waals surface area contributed by atoms with Crippen LogP contribution in [0.1, 0.15) is 54.9 Å². The number of nitrogens with one attached hydrogen (secondary N) is 1. The van der Waals surface area contributed by atoms with E-state index in [0.29, 0.717) is 12.1 Å². The summed E-state index contributed by atoms with van der Waals surface area (Å²) in [6, 6.07) is 12.1. The van der Waals surface area contributed by atoms with Gasteiger partial charge < -0.3 is 5.32 Å². The number of carbonyl (C=O) groups excluding carboxylic acids is 2. The molecule has 0 aliphatic heterocycles. The van der Waals surface area contributed by atoms with E-state index < -0.39 is 15.9 Å². The van der Waals surface area contributed by atoms with E-state index >= 15 is 0 Å². The molecule has 0 bridgehead atoms. The second kappa shape index (κ2) is 9.92. The Labute approximate surface area is 188 Å². The van der Waals surface area contributed by atoms with Gasteiger partial charge in [0.1, 0.15) is 5.82 Å². The van der Waals surface area contributed by atoms with Crippen LogP contribution in [-0.2, 0) is 20.2 Å². The summed E-state index contributed by atoms with van der Waals surface area (Å²) in [5.74, 6) is -0.852. The van der Waals surface area contributed by atoms with Crippen molar-refractivity contribution in [3.05, 3.63) is 65.5 Å². The van der Waals surface area contributed by atoms with Crippen LogP contribution in [0.5, 0.6) is 0 Å². The number of amides is 1. The number of sulfonamides is 1. The zero-order chi connectivity index (χ0) is 23.4. The predicted octanol–water partition coefficient (Wildman–Crippen LogP) is 3.67. The van der Waals surface area contributed by atoms with Crippen molar-refractivity contribution in [2.24, 2.45) is 0 Å². The lowest BCUT2D eigenvalue weighted by atomic mass is 9.69. The van der Waals surface area contributed by atoms with Crippen LogP contribution in [-0.4, -0.2) is 44.6 Å². The molecular formula is C24H29FN2O4S. The Kier molecular flexibility index (Phi) is 7.46. The third-order valence-electron chi connectivity index (χ3n) is 6.23. The van der Waals surface area contributed by atoms with Crippen molar-refractivity contribution in [1.82, 2.24) is 9.62 Å². The highest BCUT2D eigenvalue weighted by Crippen LogP contribution is 2.39. The maximum Gasteiger partial charge on any atom is 0.243 e. The van der Waals surface area contributed by atoms with Crippen molar-refractivity contribution >= 4 is 21.7 Å². The van der Waals surface area contributed by atoms with E-state index in [1.54, 1.807) is 12.1 Å². The molecule has 0 aromatic heterocycles. The second-order valence-electron chi connectivity index (χ2n) is 8.47. The molecule has 0 heterocycles. The second-order valence-corrected chi connectivity index (χ2v) is 10.5. The smallest absolute Gasteiger partial charge is 0.243 e. The highest BCUT2D eigenvalue weighted by atomic mass is 32.2. The van der Waals surface area contributed by atoms with E-state index in [2.05, 4.69) is 5.32 Å². The molecule has 0 saturated heterocycles. The lowest BCUT2D eigenvalue weighted by molar-refractivity contribution is -0.121. The van der Waals surface area contributed by atoms with Gasteiger partial charge in [-0.1, -0.05) is 43.5 Å². The number of carbonyl (C=O) groups is 2. The Bertz CT molecular complexity index is 1060. The van der Waals surface area contributed by atoms with Crippen LogP contribution in [0, 0.1) is 5.82 Å². The number of hydrogen-bond acceptors (Lipinski definition) is 4. The van der Waals surface area contributed by atoms with Gasteiger partial charge in [0.25, 0.3) is 0 Å². The first-order valence-corrected chi connectivity index (χ1v) is 12.2. The molecule has 1 saturated carbocycles. The van der Waals surface area contributed by atoms with Gasteiger partial charge in [-0.05, 0) is 49.6 Å². The van der Waals surface area contributed by atoms with E-state index in [1.807, 2.05) is 0 Å². The fraction of sp³-hybridized carbons (Fsp3) is 0.417. The Morgan fingerprint density at radius 3 is 2.16 bits per heavy atom. The summed E-state index contributed by atoms with van der Waals surface area (Å²) < 4.78 is 40.0. The Balaban J connectivity index is 1.66. The van der Waals surface area contributed by atoms with Crippen LogP contribution in [0.4, 0.5) is 4.39 Å². The molecule has 1 amide bonds. The standard InChI is InChI=1S/C24H29FN2O4S/c1-18(28)19-6-12-22(13-7-19)32(30,31)27(2)16-23(29)26-17-24(14-4-3-5-15-24)20-8-10-21(25)11-9-20/h6-13H,3-5,14-17H2,1-2H3,(H,26,29). The van der Waals surface area contributed by atoms with Crippen molar-refractivity contribution in [2.45, 2.75) is 49.3 Å². The Hall–Kier alpha value is -2.58. The number of nitrogens with zero attached hydrogens (tertiary/aromatic N) is 1. The molecular weight excluding hydrogens is 431 g/mol. The summed E-state index contributed by atoms with van der Waals surface area (Å²) in [7, 11) is -2.52. The van der Waals surface area contributed by atoms with Crippen LogP contribution in [0.15, 0.2) is 53.4 Å². The summed E-state index contributed by atoms with van der Waals surface area (Å²) in [4.78, 5) is 24.0. The Morgan fingerprint density at radius 2 is 1.59 bits per heavy atom. The van der Waals surface area contributed by atoms with Crippen molar-refractivity contribution in [1.29, 1.82) is 0 Å². The third-order valence-corrected chi connectivity index (χ3v) is 8.04. The van der Waals surface area contributed by atoms with Crippen molar-refractivity contribution in [2.75, 3.05) is 20.1 Å². The largest absolute Gasteiger partial charge is 0.354 e. The number of hydrogen-bond donors (Lipinski definition) is 1. The van der Waals surface area contributed by atoms with Gasteiger partial charge in [-0.2, -0.15) is 4.31 Å². The quantitative estimate of drug-likeness (QED) is 0.610. The molecule has 2 aromatic rings. The zero-order valence-corrected chi connectivity index (χ0v) is 19.3. The number of halogens is 1. The average Bonchev–Trinajstić information content (AvgIpc) is 2.78. The molecule has 2 aromatic carbocycles. The van der Waals surface area contributed by atoms with Gasteiger partial charge in [-0.15, -0.1) is 0 Å². The molecule has 1 aliphatic rings. The number of ketones is 1. The highest BCUT2D eigenvalue weighted by Gasteiger charge is 2.34. The van der Waals surface area contributed by atoms with Crippen LogP contribution in [0.25, 0.3) is 0 Å². The lowest BCUT2D eigenvalue weighted by Gasteiger charge is -2.38. The first-order valence-electron chi connectivity index (χ1n) is 10.7. The summed E-state index contributed by atoms with van der Waals surface area (Å²) >= 11 is 0. The van der Waals surface area contributed by atoms with Gasteiger partial charge in [0.05, 0.1) is 11.4 Å². The lowest BCUT2D eigenvalue weighted by Crippen LogP contribution is -2.45. The number of rotatable bonds is 8. The fourth-order valence-corrected chi connectivity index (χ4v) is 5.38. The monoisotopic (exact) mass is 460 g/mol. The van der Waals surface area contributed by atoms with E-state index in [1.165, 1.54) is 50.4 Å². The molecule has 0 unspecified atom stereocenters. The minimum Gasteiger partial charge on any atom is -0.354 e. The summed E-state index contributed by atoms with van der Waals surface area (Å²) in [5, 5.41) is 2.90. The van der Waals surface area contributed by atoms with Crippen LogP contribution >= 0.6 is 0 Å². The summed E-state index contributed by atoms with van der Waals surface area (Å²) in [6.07, 6.45) is 4.95. The highest BCUT2D eigenvalue weighted by molar-refractivity contribution is 7.89. The Morgan fingerprint density at radius 1 is 1.00 bits per heavy atom. The van der Waals surface area contributed by atoms with Crippen molar-refractivity contribution < 1.29 is 22.4 Å². The number of benzene rings is 2. The molecule has 172 valence electrons. The summed E-state index contributed by atoms with van der Waals surface area (Å²) in [6.45, 7) is 1.46. The zero-order valence-electron chi connectivity index (χ0n) is 18.4. The van der Waals surface area contributed by atoms with Crippen LogP contribution in [0.2, 0.25) is 0 Å². The van der Waals surface area contributed by atoms with Crippen LogP contribution in [0.3, 0.4) is 0 Å². The normalized spacial score (nSPS) is 16.0. The molecule has 0 radical (unpaired) electrons. The van der Waals surface area contributed by atoms with E-state index in [9.17, 15) is 22.4 Å². The molecule has 8 heteroatoms. The third kappa shape index (κ3) is 5.42. The summed E-state index contributed by atoms with van der Waals surface area (Å²) in [5.41, 5.74) is 1.13. The number of Topliss-reactive ketones (excluding diaryl/α,β-unsaturated/α-hetero) is 1. The molecule has 3 rings (SSSR count). The first kappa shape index (κ1) is 24.1. The predicted molar refractivity (Wildman–Crippen MR) is 120 cm³/mol. The molecule has 32 heavy (non-hydrogen) atoms. The van der Waals surface area contributed by atoms with Gasteiger partial charge in [0, 0.05) is 24.6 Å². The van der Waals surface area contributed by atoms with Gasteiger partial charge in [0.15, 0.2) is 5.78 Å². The molecule has 6 nitrogen and oxygen atoms in total. The molecule has 1 N–H and O–H groups in total. The first-order chi connectivity index (χ1) is 15.1. The fourth-order valence-electron chi connectivity index (χ4n) is 4.25.